The minimum absolute atomic E-state index is 0.0521. The van der Waals surface area contributed by atoms with Crippen molar-refractivity contribution in [3.8, 4) is 0 Å². The number of hydrogen-bond acceptors (Lipinski definition) is 4. The molecule has 0 aromatic heterocycles. The van der Waals surface area contributed by atoms with E-state index in [2.05, 4.69) is 0 Å². The summed E-state index contributed by atoms with van der Waals surface area (Å²) < 4.78 is 26.1. The highest BCUT2D eigenvalue weighted by Crippen LogP contribution is 2.22. The summed E-state index contributed by atoms with van der Waals surface area (Å²) in [6.45, 7) is 1.11. The Balaban J connectivity index is 2.05. The molecule has 0 bridgehead atoms. The summed E-state index contributed by atoms with van der Waals surface area (Å²) in [7, 11) is -3.32. The number of sulfonamides is 1. The van der Waals surface area contributed by atoms with Gasteiger partial charge in [-0.15, -0.1) is 0 Å². The van der Waals surface area contributed by atoms with Crippen LogP contribution in [0.2, 0.25) is 0 Å². The summed E-state index contributed by atoms with van der Waals surface area (Å²) in [6, 6.07) is 7.04. The highest BCUT2D eigenvalue weighted by Gasteiger charge is 2.28. The third kappa shape index (κ3) is 3.46. The number of nitrogen functional groups attached to an aromatic ring is 1. The molecule has 1 heterocycles. The minimum atomic E-state index is -3.32. The van der Waals surface area contributed by atoms with Gasteiger partial charge < -0.3 is 10.8 Å². The van der Waals surface area contributed by atoms with Crippen LogP contribution in [0.3, 0.4) is 0 Å². The molecule has 5 nitrogen and oxygen atoms in total. The van der Waals surface area contributed by atoms with Crippen LogP contribution in [0.15, 0.2) is 24.3 Å². The first-order valence-corrected chi connectivity index (χ1v) is 8.06. The molecule has 1 saturated heterocycles. The molecule has 106 valence electrons. The molecule has 1 fully saturated rings. The lowest BCUT2D eigenvalue weighted by Gasteiger charge is -2.30. The molecule has 0 radical (unpaired) electrons. The van der Waals surface area contributed by atoms with Crippen LogP contribution in [-0.2, 0) is 15.8 Å². The van der Waals surface area contributed by atoms with Crippen molar-refractivity contribution in [2.45, 2.75) is 18.6 Å². The first kappa shape index (κ1) is 14.3. The van der Waals surface area contributed by atoms with E-state index in [4.69, 9.17) is 10.8 Å². The number of nitrogens with zero attached hydrogens (tertiary/aromatic N) is 1. The zero-order valence-electron chi connectivity index (χ0n) is 10.8. The van der Waals surface area contributed by atoms with E-state index in [1.165, 1.54) is 4.31 Å². The number of rotatable bonds is 4. The monoisotopic (exact) mass is 284 g/mol. The molecule has 0 spiro atoms. The average molecular weight is 284 g/mol. The van der Waals surface area contributed by atoms with Gasteiger partial charge in [0.15, 0.2) is 0 Å². The van der Waals surface area contributed by atoms with Crippen molar-refractivity contribution in [2.24, 2.45) is 5.92 Å². The smallest absolute Gasteiger partial charge is 0.218 e. The van der Waals surface area contributed by atoms with Gasteiger partial charge in [-0.1, -0.05) is 18.2 Å². The molecule has 1 aromatic carbocycles. The van der Waals surface area contributed by atoms with Gasteiger partial charge in [-0.3, -0.25) is 0 Å². The summed E-state index contributed by atoms with van der Waals surface area (Å²) in [4.78, 5) is 0. The minimum Gasteiger partial charge on any atom is -0.398 e. The Hall–Kier alpha value is -1.11. The maximum atomic E-state index is 12.3. The van der Waals surface area contributed by atoms with Crippen molar-refractivity contribution in [3.05, 3.63) is 29.8 Å². The number of aliphatic hydroxyl groups excluding tert-OH is 1. The Kier molecular flexibility index (Phi) is 4.44. The van der Waals surface area contributed by atoms with Crippen LogP contribution in [0.5, 0.6) is 0 Å². The zero-order chi connectivity index (χ0) is 13.9. The van der Waals surface area contributed by atoms with Crippen molar-refractivity contribution in [3.63, 3.8) is 0 Å². The van der Waals surface area contributed by atoms with Crippen LogP contribution in [-0.4, -0.2) is 37.5 Å². The molecule has 2 rings (SSSR count). The lowest BCUT2D eigenvalue weighted by Crippen LogP contribution is -2.39. The highest BCUT2D eigenvalue weighted by molar-refractivity contribution is 7.88. The van der Waals surface area contributed by atoms with E-state index in [9.17, 15) is 8.42 Å². The molecular weight excluding hydrogens is 264 g/mol. The predicted octanol–water partition coefficient (Wildman–Crippen LogP) is 0.803. The summed E-state index contributed by atoms with van der Waals surface area (Å²) in [6.07, 6.45) is 1.44. The molecule has 1 aliphatic heterocycles. The molecule has 3 N–H and O–H groups in total. The molecular formula is C13H20N2O3S. The summed E-state index contributed by atoms with van der Waals surface area (Å²) in [5.74, 6) is 0.178. The third-order valence-electron chi connectivity index (χ3n) is 3.62. The quantitative estimate of drug-likeness (QED) is 0.801. The maximum absolute atomic E-state index is 12.3. The van der Waals surface area contributed by atoms with Gasteiger partial charge in [-0.25, -0.2) is 12.7 Å². The summed E-state index contributed by atoms with van der Waals surface area (Å²) >= 11 is 0. The molecule has 0 saturated carbocycles. The average Bonchev–Trinajstić information content (AvgIpc) is 2.41. The van der Waals surface area contributed by atoms with Gasteiger partial charge in [0.25, 0.3) is 0 Å². The maximum Gasteiger partial charge on any atom is 0.218 e. The van der Waals surface area contributed by atoms with Crippen LogP contribution in [0, 0.1) is 5.92 Å². The van der Waals surface area contributed by atoms with Crippen LogP contribution < -0.4 is 5.73 Å². The normalized spacial score (nSPS) is 18.6. The topological polar surface area (TPSA) is 83.6 Å². The molecule has 0 amide bonds. The zero-order valence-corrected chi connectivity index (χ0v) is 11.6. The number of hydrogen-bond donors (Lipinski definition) is 2. The fraction of sp³-hybridized carbons (Fsp3) is 0.538. The van der Waals surface area contributed by atoms with Crippen molar-refractivity contribution in [1.82, 2.24) is 4.31 Å². The number of anilines is 1. The summed E-state index contributed by atoms with van der Waals surface area (Å²) in [5.41, 5.74) is 6.94. The van der Waals surface area contributed by atoms with E-state index in [1.54, 1.807) is 24.3 Å². The van der Waals surface area contributed by atoms with Gasteiger partial charge in [0.05, 0.1) is 5.75 Å². The van der Waals surface area contributed by atoms with Crippen LogP contribution in [0.4, 0.5) is 5.69 Å². The number of aliphatic hydroxyl groups is 1. The number of piperidine rings is 1. The van der Waals surface area contributed by atoms with Crippen molar-refractivity contribution in [1.29, 1.82) is 0 Å². The Bertz CT molecular complexity index is 522. The Labute approximate surface area is 114 Å². The molecule has 19 heavy (non-hydrogen) atoms. The molecule has 0 atom stereocenters. The highest BCUT2D eigenvalue weighted by atomic mass is 32.2. The summed E-state index contributed by atoms with van der Waals surface area (Å²) in [5, 5.41) is 9.07. The first-order valence-electron chi connectivity index (χ1n) is 6.45. The van der Waals surface area contributed by atoms with Crippen LogP contribution in [0.1, 0.15) is 18.4 Å². The number of nitrogens with two attached hydrogens (primary N) is 1. The molecule has 6 heteroatoms. The van der Waals surface area contributed by atoms with Crippen molar-refractivity contribution >= 4 is 15.7 Å². The van der Waals surface area contributed by atoms with E-state index in [1.807, 2.05) is 0 Å². The van der Waals surface area contributed by atoms with Gasteiger partial charge in [0.1, 0.15) is 0 Å². The van der Waals surface area contributed by atoms with E-state index in [-0.39, 0.29) is 18.3 Å². The van der Waals surface area contributed by atoms with Crippen molar-refractivity contribution in [2.75, 3.05) is 25.4 Å². The van der Waals surface area contributed by atoms with Crippen molar-refractivity contribution < 1.29 is 13.5 Å². The molecule has 0 unspecified atom stereocenters. The van der Waals surface area contributed by atoms with Crippen LogP contribution >= 0.6 is 0 Å². The van der Waals surface area contributed by atoms with E-state index in [0.29, 0.717) is 24.3 Å². The Morgan fingerprint density at radius 1 is 1.26 bits per heavy atom. The molecule has 0 aliphatic carbocycles. The Morgan fingerprint density at radius 3 is 2.47 bits per heavy atom. The third-order valence-corrected chi connectivity index (χ3v) is 5.45. The van der Waals surface area contributed by atoms with Gasteiger partial charge in [-0.2, -0.15) is 0 Å². The number of para-hydroxylation sites is 1. The number of benzene rings is 1. The van der Waals surface area contributed by atoms with E-state index in [0.717, 1.165) is 12.8 Å². The SMILES string of the molecule is Nc1ccccc1CS(=O)(=O)N1CCC(CO)CC1. The van der Waals surface area contributed by atoms with Crippen LogP contribution in [0.25, 0.3) is 0 Å². The van der Waals surface area contributed by atoms with Gasteiger partial charge in [0, 0.05) is 25.4 Å². The first-order chi connectivity index (χ1) is 9.03. The fourth-order valence-electron chi connectivity index (χ4n) is 2.32. The Morgan fingerprint density at radius 2 is 1.89 bits per heavy atom. The second-order valence-electron chi connectivity index (χ2n) is 4.98. The van der Waals surface area contributed by atoms with E-state index < -0.39 is 10.0 Å². The fourth-order valence-corrected chi connectivity index (χ4v) is 3.93. The van der Waals surface area contributed by atoms with Gasteiger partial charge in [0.2, 0.25) is 10.0 Å². The lowest BCUT2D eigenvalue weighted by molar-refractivity contribution is 0.170. The second-order valence-corrected chi connectivity index (χ2v) is 6.95. The van der Waals surface area contributed by atoms with E-state index >= 15 is 0 Å². The molecule has 1 aliphatic rings. The second kappa shape index (κ2) is 5.90. The van der Waals surface area contributed by atoms with Gasteiger partial charge >= 0.3 is 0 Å². The largest absolute Gasteiger partial charge is 0.398 e. The predicted molar refractivity (Wildman–Crippen MR) is 74.9 cm³/mol. The van der Waals surface area contributed by atoms with Gasteiger partial charge in [-0.05, 0) is 30.4 Å². The molecule has 1 aromatic rings. The lowest BCUT2D eigenvalue weighted by atomic mass is 10.00. The standard InChI is InChI=1S/C13H20N2O3S/c14-13-4-2-1-3-12(13)10-19(17,18)15-7-5-11(9-16)6-8-15/h1-4,11,16H,5-10,14H2.